The Bertz CT molecular complexity index is 1330. The number of hydrogen-bond donors (Lipinski definition) is 2. The third kappa shape index (κ3) is 4.29. The number of hydrogen-bond acceptors (Lipinski definition) is 7. The molecule has 0 spiro atoms. The predicted molar refractivity (Wildman–Crippen MR) is 119 cm³/mol. The van der Waals surface area contributed by atoms with Gasteiger partial charge in [-0.3, -0.25) is 4.79 Å². The number of nitrogens with one attached hydrogen (secondary N) is 2. The molecule has 0 amide bonds. The lowest BCUT2D eigenvalue weighted by molar-refractivity contribution is 0.0674. The normalized spacial score (nSPS) is 14.3. The van der Waals surface area contributed by atoms with Crippen molar-refractivity contribution in [2.24, 2.45) is 0 Å². The summed E-state index contributed by atoms with van der Waals surface area (Å²) in [6, 6.07) is 7.92. The topological polar surface area (TPSA) is 94.0 Å². The van der Waals surface area contributed by atoms with Gasteiger partial charge in [0, 0.05) is 42.8 Å². The molecule has 2 aromatic heterocycles. The maximum atomic E-state index is 14.3. The fourth-order valence-corrected chi connectivity index (χ4v) is 3.81. The summed E-state index contributed by atoms with van der Waals surface area (Å²) in [4.78, 5) is 19.8. The van der Waals surface area contributed by atoms with Crippen LogP contribution in [0.25, 0.3) is 11.0 Å². The summed E-state index contributed by atoms with van der Waals surface area (Å²) in [5.41, 5.74) is 1.16. The number of nitrogens with zero attached hydrogens (tertiary/aromatic N) is 4. The molecular formula is C23H19F3N6O2. The average Bonchev–Trinajstić information content (AvgIpc) is 3.20. The minimum Gasteiger partial charge on any atom is -0.381 e. The van der Waals surface area contributed by atoms with Gasteiger partial charge in [0.15, 0.2) is 23.1 Å². The van der Waals surface area contributed by atoms with Crippen molar-refractivity contribution >= 4 is 40.5 Å². The van der Waals surface area contributed by atoms with E-state index in [2.05, 4.69) is 25.7 Å². The zero-order valence-electron chi connectivity index (χ0n) is 17.8. The molecule has 2 N–H and O–H groups in total. The Balaban J connectivity index is 1.54. The Morgan fingerprint density at radius 3 is 2.41 bits per heavy atom. The van der Waals surface area contributed by atoms with Gasteiger partial charge in [0.2, 0.25) is 5.95 Å². The first-order chi connectivity index (χ1) is 16.5. The van der Waals surface area contributed by atoms with E-state index in [9.17, 15) is 18.0 Å². The molecule has 11 heteroatoms. The lowest BCUT2D eigenvalue weighted by Gasteiger charge is -2.22. The monoisotopic (exact) mass is 468 g/mol. The molecule has 0 radical (unpaired) electrons. The summed E-state index contributed by atoms with van der Waals surface area (Å²) in [5.74, 6) is -2.75. The van der Waals surface area contributed by atoms with Crippen molar-refractivity contribution in [2.75, 3.05) is 23.8 Å². The van der Waals surface area contributed by atoms with Gasteiger partial charge in [0.1, 0.15) is 17.8 Å². The van der Waals surface area contributed by atoms with E-state index in [0.29, 0.717) is 60.5 Å². The first kappa shape index (κ1) is 21.8. The Kier molecular flexibility index (Phi) is 5.84. The number of aromatic nitrogens is 4. The van der Waals surface area contributed by atoms with Crippen LogP contribution in [0.2, 0.25) is 0 Å². The van der Waals surface area contributed by atoms with Crippen LogP contribution in [0.3, 0.4) is 0 Å². The largest absolute Gasteiger partial charge is 0.381 e. The van der Waals surface area contributed by atoms with Gasteiger partial charge < -0.3 is 15.4 Å². The van der Waals surface area contributed by atoms with Crippen molar-refractivity contribution in [3.05, 3.63) is 65.6 Å². The number of anilines is 4. The number of carbonyl (C=O) groups is 1. The second-order valence-electron chi connectivity index (χ2n) is 7.80. The van der Waals surface area contributed by atoms with Crippen molar-refractivity contribution in [2.45, 2.75) is 18.9 Å². The van der Waals surface area contributed by atoms with Gasteiger partial charge in [-0.2, -0.15) is 10.1 Å². The van der Waals surface area contributed by atoms with E-state index in [1.54, 1.807) is 28.9 Å². The fraction of sp³-hybridized carbons (Fsp3) is 0.217. The Hall–Kier alpha value is -3.99. The van der Waals surface area contributed by atoms with Crippen molar-refractivity contribution in [1.29, 1.82) is 0 Å². The Morgan fingerprint density at radius 2 is 1.74 bits per heavy atom. The van der Waals surface area contributed by atoms with Crippen molar-refractivity contribution < 1.29 is 22.7 Å². The zero-order chi connectivity index (χ0) is 23.7. The summed E-state index contributed by atoms with van der Waals surface area (Å²) in [5, 5.41) is 10.7. The molecule has 5 rings (SSSR count). The number of ether oxygens (including phenoxy) is 1. The minimum absolute atomic E-state index is 0.0377. The molecule has 0 unspecified atom stereocenters. The van der Waals surface area contributed by atoms with Crippen molar-refractivity contribution in [1.82, 2.24) is 19.7 Å². The Labute approximate surface area is 191 Å². The molecule has 1 saturated heterocycles. The van der Waals surface area contributed by atoms with E-state index in [1.807, 2.05) is 0 Å². The van der Waals surface area contributed by atoms with Gasteiger partial charge >= 0.3 is 0 Å². The zero-order valence-corrected chi connectivity index (χ0v) is 17.8. The molecule has 3 heterocycles. The molecule has 4 aromatic rings. The van der Waals surface area contributed by atoms with Crippen molar-refractivity contribution in [3.8, 4) is 0 Å². The third-order valence-corrected chi connectivity index (χ3v) is 5.54. The molecule has 1 aliphatic heterocycles. The van der Waals surface area contributed by atoms with Crippen LogP contribution in [0.4, 0.5) is 36.3 Å². The Morgan fingerprint density at radius 1 is 1.03 bits per heavy atom. The van der Waals surface area contributed by atoms with E-state index < -0.39 is 23.1 Å². The fourth-order valence-electron chi connectivity index (χ4n) is 3.81. The quantitative estimate of drug-likeness (QED) is 0.389. The third-order valence-electron chi connectivity index (χ3n) is 5.54. The molecule has 0 atom stereocenters. The molecule has 0 bridgehead atoms. The highest BCUT2D eigenvalue weighted by molar-refractivity contribution is 5.90. The van der Waals surface area contributed by atoms with Gasteiger partial charge in [-0.1, -0.05) is 0 Å². The molecular weight excluding hydrogens is 449 g/mol. The van der Waals surface area contributed by atoms with Gasteiger partial charge in [0.25, 0.3) is 0 Å². The molecule has 174 valence electrons. The standard InChI is InChI=1S/C23H19F3N6O2/c24-14-9-18(25)20(19(26)10-14)29-21-17-11-27-23(28-15-3-1-13(12-33)2-4-15)30-22(17)32(31-21)16-5-7-34-8-6-16/h1-4,9-12,16H,5-8H2,(H,29,31)(H,27,28,30). The highest BCUT2D eigenvalue weighted by Crippen LogP contribution is 2.32. The van der Waals surface area contributed by atoms with Gasteiger partial charge in [0.05, 0.1) is 11.4 Å². The smallest absolute Gasteiger partial charge is 0.229 e. The maximum absolute atomic E-state index is 14.3. The number of fused-ring (bicyclic) bond motifs is 1. The summed E-state index contributed by atoms with van der Waals surface area (Å²) in [7, 11) is 0. The molecule has 34 heavy (non-hydrogen) atoms. The average molecular weight is 468 g/mol. The van der Waals surface area contributed by atoms with Crippen molar-refractivity contribution in [3.63, 3.8) is 0 Å². The van der Waals surface area contributed by atoms with Gasteiger partial charge in [-0.25, -0.2) is 22.8 Å². The summed E-state index contributed by atoms with van der Waals surface area (Å²) in [6.45, 7) is 1.10. The van der Waals surface area contributed by atoms with E-state index >= 15 is 0 Å². The predicted octanol–water partition coefficient (Wildman–Crippen LogP) is 4.89. The van der Waals surface area contributed by atoms with Crippen LogP contribution in [0.1, 0.15) is 29.2 Å². The number of benzene rings is 2. The highest BCUT2D eigenvalue weighted by Gasteiger charge is 2.24. The highest BCUT2D eigenvalue weighted by atomic mass is 19.1. The van der Waals surface area contributed by atoms with Crippen LogP contribution >= 0.6 is 0 Å². The lowest BCUT2D eigenvalue weighted by atomic mass is 10.1. The summed E-state index contributed by atoms with van der Waals surface area (Å²) < 4.78 is 49.0. The maximum Gasteiger partial charge on any atom is 0.229 e. The number of carbonyl (C=O) groups excluding carboxylic acids is 1. The second-order valence-corrected chi connectivity index (χ2v) is 7.80. The second kappa shape index (κ2) is 9.10. The molecule has 0 saturated carbocycles. The molecule has 1 aliphatic rings. The molecule has 2 aromatic carbocycles. The van der Waals surface area contributed by atoms with E-state index in [-0.39, 0.29) is 17.8 Å². The molecule has 8 nitrogen and oxygen atoms in total. The van der Waals surface area contributed by atoms with E-state index in [1.165, 1.54) is 6.20 Å². The first-order valence-corrected chi connectivity index (χ1v) is 10.6. The summed E-state index contributed by atoms with van der Waals surface area (Å²) >= 11 is 0. The van der Waals surface area contributed by atoms with Gasteiger partial charge in [-0.15, -0.1) is 0 Å². The summed E-state index contributed by atoms with van der Waals surface area (Å²) in [6.07, 6.45) is 3.62. The van der Waals surface area contributed by atoms with E-state index in [4.69, 9.17) is 4.74 Å². The van der Waals surface area contributed by atoms with E-state index in [0.717, 1.165) is 6.29 Å². The minimum atomic E-state index is -1.08. The molecule has 0 aliphatic carbocycles. The van der Waals surface area contributed by atoms with Crippen LogP contribution in [0.15, 0.2) is 42.6 Å². The number of halogens is 3. The van der Waals surface area contributed by atoms with Gasteiger partial charge in [-0.05, 0) is 37.1 Å². The lowest BCUT2D eigenvalue weighted by Crippen LogP contribution is -2.21. The number of aldehydes is 1. The number of rotatable bonds is 6. The van der Waals surface area contributed by atoms with Crippen LogP contribution in [-0.4, -0.2) is 39.2 Å². The first-order valence-electron chi connectivity index (χ1n) is 10.6. The van der Waals surface area contributed by atoms with Crippen LogP contribution in [-0.2, 0) is 4.74 Å². The molecule has 1 fully saturated rings. The SMILES string of the molecule is O=Cc1ccc(Nc2ncc3c(Nc4c(F)cc(F)cc4F)nn(C4CCOCC4)c3n2)cc1. The van der Waals surface area contributed by atoms with Crippen LogP contribution in [0.5, 0.6) is 0 Å². The van der Waals surface area contributed by atoms with Crippen LogP contribution < -0.4 is 10.6 Å². The van der Waals surface area contributed by atoms with Crippen LogP contribution in [0, 0.1) is 17.5 Å².